The van der Waals surface area contributed by atoms with E-state index in [1.807, 2.05) is 4.72 Å². The average Bonchev–Trinajstić information content (AvgIpc) is 2.40. The number of alkyl halides is 3. The molecule has 1 fully saturated rings. The number of hydrogen-bond donors (Lipinski definition) is 2. The van der Waals surface area contributed by atoms with Gasteiger partial charge in [-0.25, -0.2) is 8.42 Å². The molecule has 2 rings (SSSR count). The van der Waals surface area contributed by atoms with Gasteiger partial charge in [-0.15, -0.1) is 0 Å². The van der Waals surface area contributed by atoms with E-state index in [1.165, 1.54) is 6.07 Å². The van der Waals surface area contributed by atoms with E-state index in [9.17, 15) is 21.6 Å². The minimum absolute atomic E-state index is 0.107. The van der Waals surface area contributed by atoms with Crippen molar-refractivity contribution in [3.8, 4) is 0 Å². The third-order valence-electron chi connectivity index (χ3n) is 3.23. The number of rotatable bonds is 3. The quantitative estimate of drug-likeness (QED) is 0.888. The van der Waals surface area contributed by atoms with Gasteiger partial charge < -0.3 is 5.32 Å². The van der Waals surface area contributed by atoms with Gasteiger partial charge >= 0.3 is 6.18 Å². The zero-order valence-corrected chi connectivity index (χ0v) is 12.4. The third-order valence-corrected chi connectivity index (χ3v) is 5.25. The fourth-order valence-corrected chi connectivity index (χ4v) is 3.80. The summed E-state index contributed by atoms with van der Waals surface area (Å²) in [6, 6.07) is 2.95. The summed E-state index contributed by atoms with van der Waals surface area (Å²) < 4.78 is 65.2. The second-order valence-corrected chi connectivity index (χ2v) is 7.20. The van der Waals surface area contributed by atoms with Gasteiger partial charge in [0.15, 0.2) is 0 Å². The Morgan fingerprint density at radius 2 is 2.05 bits per heavy atom. The molecule has 1 unspecified atom stereocenters. The lowest BCUT2D eigenvalue weighted by molar-refractivity contribution is -0.136. The average molecular weight is 343 g/mol. The number of anilines is 1. The van der Waals surface area contributed by atoms with Crippen molar-refractivity contribution in [2.24, 2.45) is 0 Å². The molecule has 1 aliphatic heterocycles. The van der Waals surface area contributed by atoms with Gasteiger partial charge in [0.05, 0.1) is 16.5 Å². The summed E-state index contributed by atoms with van der Waals surface area (Å²) in [6.45, 7) is 0.936. The van der Waals surface area contributed by atoms with E-state index < -0.39 is 32.7 Å². The normalized spacial score (nSPS) is 20.3. The highest BCUT2D eigenvalue weighted by Gasteiger charge is 2.36. The molecule has 0 aliphatic carbocycles. The molecule has 0 radical (unpaired) electrons. The maximum absolute atomic E-state index is 12.9. The Morgan fingerprint density at radius 1 is 1.33 bits per heavy atom. The Hall–Kier alpha value is -0.990. The maximum atomic E-state index is 12.9. The van der Waals surface area contributed by atoms with E-state index in [0.717, 1.165) is 6.07 Å². The van der Waals surface area contributed by atoms with Crippen molar-refractivity contribution in [3.05, 3.63) is 28.8 Å². The summed E-state index contributed by atoms with van der Waals surface area (Å²) in [5, 5.41) is 2.06. The summed E-state index contributed by atoms with van der Waals surface area (Å²) in [5.41, 5.74) is -1.60. The largest absolute Gasteiger partial charge is 0.418 e. The molecule has 2 N–H and O–H groups in total. The van der Waals surface area contributed by atoms with E-state index in [0.29, 0.717) is 25.5 Å². The monoisotopic (exact) mass is 342 g/mol. The Labute approximate surface area is 125 Å². The Kier molecular flexibility index (Phi) is 4.69. The van der Waals surface area contributed by atoms with Crippen molar-refractivity contribution >= 4 is 27.3 Å². The van der Waals surface area contributed by atoms with E-state index in [-0.39, 0.29) is 11.6 Å². The molecule has 0 amide bonds. The maximum Gasteiger partial charge on any atom is 0.418 e. The molecule has 118 valence electrons. The van der Waals surface area contributed by atoms with Gasteiger partial charge in [-0.2, -0.15) is 13.2 Å². The van der Waals surface area contributed by atoms with Gasteiger partial charge in [0, 0.05) is 11.6 Å². The third kappa shape index (κ3) is 4.02. The zero-order valence-electron chi connectivity index (χ0n) is 10.9. The lowest BCUT2D eigenvalue weighted by Crippen LogP contribution is -2.41. The van der Waals surface area contributed by atoms with Crippen molar-refractivity contribution in [1.82, 2.24) is 5.32 Å². The number of hydrogen-bond acceptors (Lipinski definition) is 3. The predicted molar refractivity (Wildman–Crippen MR) is 74.9 cm³/mol. The smallest absolute Gasteiger partial charge is 0.315 e. The number of sulfonamides is 1. The van der Waals surface area contributed by atoms with Crippen molar-refractivity contribution in [2.45, 2.75) is 24.3 Å². The van der Waals surface area contributed by atoms with Gasteiger partial charge in [0.2, 0.25) is 10.0 Å². The minimum Gasteiger partial charge on any atom is -0.315 e. The molecular formula is C12H14ClF3N2O2S. The molecule has 21 heavy (non-hydrogen) atoms. The molecule has 9 heteroatoms. The van der Waals surface area contributed by atoms with Crippen LogP contribution in [0.5, 0.6) is 0 Å². The van der Waals surface area contributed by atoms with E-state index in [4.69, 9.17) is 11.6 Å². The van der Waals surface area contributed by atoms with Gasteiger partial charge in [-0.3, -0.25) is 4.72 Å². The molecule has 0 aromatic heterocycles. The van der Waals surface area contributed by atoms with Gasteiger partial charge in [0.1, 0.15) is 0 Å². The van der Waals surface area contributed by atoms with Gasteiger partial charge in [-0.1, -0.05) is 11.6 Å². The van der Waals surface area contributed by atoms with Crippen molar-refractivity contribution in [1.29, 1.82) is 0 Å². The van der Waals surface area contributed by atoms with Crippen LogP contribution < -0.4 is 10.0 Å². The highest BCUT2D eigenvalue weighted by molar-refractivity contribution is 7.93. The highest BCUT2D eigenvalue weighted by Crippen LogP contribution is 2.37. The molecule has 1 aliphatic rings. The number of nitrogens with one attached hydrogen (secondary N) is 2. The molecule has 1 heterocycles. The molecule has 4 nitrogen and oxygen atoms in total. The SMILES string of the molecule is O=S(=O)(Nc1ccc(Cl)cc1C(F)(F)F)C1CCCNC1. The van der Waals surface area contributed by atoms with Crippen LogP contribution in [0.25, 0.3) is 0 Å². The summed E-state index contributed by atoms with van der Waals surface area (Å²) in [4.78, 5) is 0. The Bertz CT molecular complexity index is 613. The fourth-order valence-electron chi connectivity index (χ4n) is 2.16. The van der Waals surface area contributed by atoms with Crippen LogP contribution in [0.15, 0.2) is 18.2 Å². The molecule has 1 aromatic rings. The van der Waals surface area contributed by atoms with E-state index >= 15 is 0 Å². The summed E-state index contributed by atoms with van der Waals surface area (Å²) >= 11 is 5.56. The summed E-state index contributed by atoms with van der Waals surface area (Å²) in [6.07, 6.45) is -3.61. The van der Waals surface area contributed by atoms with Gasteiger partial charge in [0.25, 0.3) is 0 Å². The zero-order chi connectivity index (χ0) is 15.7. The van der Waals surface area contributed by atoms with Crippen molar-refractivity contribution in [2.75, 3.05) is 17.8 Å². The molecule has 0 spiro atoms. The first-order valence-corrected chi connectivity index (χ1v) is 8.22. The number of piperidine rings is 1. The Balaban J connectivity index is 2.30. The predicted octanol–water partition coefficient (Wildman–Crippen LogP) is 2.85. The minimum atomic E-state index is -4.69. The second-order valence-electron chi connectivity index (χ2n) is 4.80. The molecular weight excluding hydrogens is 329 g/mol. The first kappa shape index (κ1) is 16.4. The lowest BCUT2D eigenvalue weighted by Gasteiger charge is -2.24. The highest BCUT2D eigenvalue weighted by atomic mass is 35.5. The second kappa shape index (κ2) is 6.02. The van der Waals surface area contributed by atoms with Crippen LogP contribution in [0.4, 0.5) is 18.9 Å². The first-order valence-electron chi connectivity index (χ1n) is 6.29. The van der Waals surface area contributed by atoms with Gasteiger partial charge in [-0.05, 0) is 37.6 Å². The number of halogens is 4. The van der Waals surface area contributed by atoms with Crippen LogP contribution in [0.2, 0.25) is 5.02 Å². The first-order chi connectivity index (χ1) is 9.70. The topological polar surface area (TPSA) is 58.2 Å². The molecule has 1 atom stereocenters. The van der Waals surface area contributed by atoms with Crippen LogP contribution in [0.3, 0.4) is 0 Å². The lowest BCUT2D eigenvalue weighted by atomic mass is 10.2. The fraction of sp³-hybridized carbons (Fsp3) is 0.500. The van der Waals surface area contributed by atoms with Crippen LogP contribution in [0, 0.1) is 0 Å². The summed E-state index contributed by atoms with van der Waals surface area (Å²) in [5.74, 6) is 0. The Morgan fingerprint density at radius 3 is 2.62 bits per heavy atom. The number of benzene rings is 1. The van der Waals surface area contributed by atoms with Crippen molar-refractivity contribution < 1.29 is 21.6 Å². The molecule has 0 bridgehead atoms. The van der Waals surface area contributed by atoms with E-state index in [1.54, 1.807) is 0 Å². The molecule has 0 saturated carbocycles. The standard InChI is InChI=1S/C12H14ClF3N2O2S/c13-8-3-4-11(10(6-8)12(14,15)16)18-21(19,20)9-2-1-5-17-7-9/h3-4,6,9,17-18H,1-2,5,7H2. The van der Waals surface area contributed by atoms with Crippen LogP contribution in [-0.4, -0.2) is 26.8 Å². The van der Waals surface area contributed by atoms with Crippen LogP contribution in [0.1, 0.15) is 18.4 Å². The van der Waals surface area contributed by atoms with Crippen molar-refractivity contribution in [3.63, 3.8) is 0 Å². The van der Waals surface area contributed by atoms with E-state index in [2.05, 4.69) is 5.32 Å². The molecule has 1 aromatic carbocycles. The van der Waals surface area contributed by atoms with Crippen LogP contribution in [-0.2, 0) is 16.2 Å². The van der Waals surface area contributed by atoms with Crippen LogP contribution >= 0.6 is 11.6 Å². The molecule has 1 saturated heterocycles. The summed E-state index contributed by atoms with van der Waals surface area (Å²) in [7, 11) is -3.89.